The smallest absolute Gasteiger partial charge is 0.265 e. The summed E-state index contributed by atoms with van der Waals surface area (Å²) in [6.07, 6.45) is 1.26. The Bertz CT molecular complexity index is 489. The van der Waals surface area contributed by atoms with Gasteiger partial charge in [-0.05, 0) is 31.0 Å². The summed E-state index contributed by atoms with van der Waals surface area (Å²) in [5.41, 5.74) is 2.87. The van der Waals surface area contributed by atoms with Crippen LogP contribution in [0.4, 0.5) is 0 Å². The lowest BCUT2D eigenvalue weighted by molar-refractivity contribution is 0.0722. The second-order valence-corrected chi connectivity index (χ2v) is 3.59. The number of aryl methyl sites for hydroxylation is 1. The Kier molecular flexibility index (Phi) is 1.96. The van der Waals surface area contributed by atoms with E-state index in [-0.39, 0.29) is 11.8 Å². The topological polar surface area (TPSA) is 37.4 Å². The maximum atomic E-state index is 11.8. The molecule has 15 heavy (non-hydrogen) atoms. The lowest BCUT2D eigenvalue weighted by Gasteiger charge is -2.05. The summed E-state index contributed by atoms with van der Waals surface area (Å²) in [6, 6.07) is 3.55. The summed E-state index contributed by atoms with van der Waals surface area (Å²) in [5, 5.41) is 0. The molecular formula is C12H11NO2. The van der Waals surface area contributed by atoms with Gasteiger partial charge >= 0.3 is 0 Å². The summed E-state index contributed by atoms with van der Waals surface area (Å²) in [5.74, 6) is -0.556. The maximum Gasteiger partial charge on any atom is 0.265 e. The molecule has 76 valence electrons. The number of carbonyl (C=O) groups is 2. The Morgan fingerprint density at radius 1 is 1.20 bits per heavy atom. The van der Waals surface area contributed by atoms with Crippen molar-refractivity contribution in [2.24, 2.45) is 0 Å². The number of benzene rings is 1. The molecule has 0 radical (unpaired) electrons. The van der Waals surface area contributed by atoms with E-state index in [0.29, 0.717) is 11.1 Å². The van der Waals surface area contributed by atoms with Crippen LogP contribution in [0.2, 0.25) is 0 Å². The number of fused-ring (bicyclic) bond motifs is 1. The molecule has 0 N–H and O–H groups in total. The molecule has 0 aliphatic carbocycles. The lowest BCUT2D eigenvalue weighted by atomic mass is 9.99. The number of nitrogens with zero attached hydrogens (tertiary/aromatic N) is 1. The highest BCUT2D eigenvalue weighted by Crippen LogP contribution is 2.27. The van der Waals surface area contributed by atoms with E-state index in [1.165, 1.54) is 6.20 Å². The van der Waals surface area contributed by atoms with Crippen LogP contribution in [-0.2, 0) is 0 Å². The van der Waals surface area contributed by atoms with E-state index >= 15 is 0 Å². The summed E-state index contributed by atoms with van der Waals surface area (Å²) in [4.78, 5) is 24.6. The minimum absolute atomic E-state index is 0.272. The highest BCUT2D eigenvalue weighted by atomic mass is 16.2. The van der Waals surface area contributed by atoms with E-state index in [0.717, 1.165) is 16.0 Å². The number of hydrogen-bond donors (Lipinski definition) is 0. The van der Waals surface area contributed by atoms with Gasteiger partial charge in [0.15, 0.2) is 0 Å². The van der Waals surface area contributed by atoms with Crippen LogP contribution in [0, 0.1) is 13.8 Å². The molecule has 0 fully saturated rings. The fourth-order valence-electron chi connectivity index (χ4n) is 1.78. The van der Waals surface area contributed by atoms with Crippen molar-refractivity contribution in [3.63, 3.8) is 0 Å². The Hall–Kier alpha value is -1.90. The van der Waals surface area contributed by atoms with E-state index in [4.69, 9.17) is 0 Å². The fourth-order valence-corrected chi connectivity index (χ4v) is 1.78. The molecule has 1 aromatic carbocycles. The zero-order valence-electron chi connectivity index (χ0n) is 8.70. The zero-order chi connectivity index (χ0) is 11.2. The molecule has 0 unspecified atom stereocenters. The number of rotatable bonds is 1. The van der Waals surface area contributed by atoms with Crippen LogP contribution in [-0.4, -0.2) is 16.7 Å². The molecular weight excluding hydrogens is 190 g/mol. The first kappa shape index (κ1) is 9.65. The van der Waals surface area contributed by atoms with Crippen molar-refractivity contribution < 1.29 is 9.59 Å². The largest absolute Gasteiger partial charge is 0.268 e. The Labute approximate surface area is 88.0 Å². The van der Waals surface area contributed by atoms with Crippen LogP contribution in [0.15, 0.2) is 24.9 Å². The zero-order valence-corrected chi connectivity index (χ0v) is 8.70. The molecule has 3 heteroatoms. The predicted octanol–water partition coefficient (Wildman–Crippen LogP) is 2.04. The van der Waals surface area contributed by atoms with Crippen molar-refractivity contribution in [3.05, 3.63) is 47.2 Å². The lowest BCUT2D eigenvalue weighted by Crippen LogP contribution is -2.23. The van der Waals surface area contributed by atoms with Crippen molar-refractivity contribution in [2.75, 3.05) is 0 Å². The molecule has 1 heterocycles. The second-order valence-electron chi connectivity index (χ2n) is 3.59. The highest BCUT2D eigenvalue weighted by molar-refractivity contribution is 6.22. The van der Waals surface area contributed by atoms with Gasteiger partial charge in [0.2, 0.25) is 0 Å². The first-order valence-corrected chi connectivity index (χ1v) is 4.68. The van der Waals surface area contributed by atoms with Gasteiger partial charge < -0.3 is 0 Å². The van der Waals surface area contributed by atoms with Crippen LogP contribution in [0.1, 0.15) is 31.8 Å². The quantitative estimate of drug-likeness (QED) is 0.652. The highest BCUT2D eigenvalue weighted by Gasteiger charge is 2.35. The molecule has 3 nitrogen and oxygen atoms in total. The Morgan fingerprint density at radius 3 is 2.47 bits per heavy atom. The number of amides is 2. The number of carbonyl (C=O) groups excluding carboxylic acids is 2. The van der Waals surface area contributed by atoms with Gasteiger partial charge in [0.25, 0.3) is 11.8 Å². The molecule has 0 saturated carbocycles. The van der Waals surface area contributed by atoms with Crippen molar-refractivity contribution in [1.29, 1.82) is 0 Å². The molecule has 2 rings (SSSR count). The summed E-state index contributed by atoms with van der Waals surface area (Å²) < 4.78 is 0. The van der Waals surface area contributed by atoms with Gasteiger partial charge in [0.1, 0.15) is 0 Å². The number of imide groups is 1. The molecule has 0 aromatic heterocycles. The third-order valence-corrected chi connectivity index (χ3v) is 2.80. The average Bonchev–Trinajstić information content (AvgIpc) is 2.45. The van der Waals surface area contributed by atoms with Crippen molar-refractivity contribution in [2.45, 2.75) is 13.8 Å². The van der Waals surface area contributed by atoms with Crippen molar-refractivity contribution in [3.8, 4) is 0 Å². The second kappa shape index (κ2) is 3.05. The molecule has 2 amide bonds. The number of hydrogen-bond acceptors (Lipinski definition) is 2. The normalized spacial score (nSPS) is 14.4. The van der Waals surface area contributed by atoms with Gasteiger partial charge in [0, 0.05) is 6.20 Å². The Balaban J connectivity index is 2.73. The van der Waals surface area contributed by atoms with Crippen LogP contribution < -0.4 is 0 Å². The Morgan fingerprint density at radius 2 is 1.87 bits per heavy atom. The molecule has 0 bridgehead atoms. The van der Waals surface area contributed by atoms with Crippen LogP contribution in [0.3, 0.4) is 0 Å². The van der Waals surface area contributed by atoms with Gasteiger partial charge in [-0.15, -0.1) is 0 Å². The summed E-state index contributed by atoms with van der Waals surface area (Å²) in [6.45, 7) is 7.24. The molecule has 0 spiro atoms. The van der Waals surface area contributed by atoms with Crippen LogP contribution in [0.5, 0.6) is 0 Å². The fraction of sp³-hybridized carbons (Fsp3) is 0.167. The third kappa shape index (κ3) is 1.13. The average molecular weight is 201 g/mol. The third-order valence-electron chi connectivity index (χ3n) is 2.80. The van der Waals surface area contributed by atoms with Crippen LogP contribution >= 0.6 is 0 Å². The van der Waals surface area contributed by atoms with Crippen molar-refractivity contribution >= 4 is 11.8 Å². The SMILES string of the molecule is C=CN1C(=O)c2ccc(C)c(C)c2C1=O. The van der Waals surface area contributed by atoms with E-state index in [1.807, 2.05) is 19.9 Å². The van der Waals surface area contributed by atoms with Gasteiger partial charge in [-0.2, -0.15) is 0 Å². The van der Waals surface area contributed by atoms with E-state index in [9.17, 15) is 9.59 Å². The summed E-state index contributed by atoms with van der Waals surface area (Å²) in [7, 11) is 0. The predicted molar refractivity (Wildman–Crippen MR) is 56.6 cm³/mol. The van der Waals surface area contributed by atoms with Crippen molar-refractivity contribution in [1.82, 2.24) is 4.90 Å². The molecule has 1 aliphatic heterocycles. The van der Waals surface area contributed by atoms with Crippen LogP contribution in [0.25, 0.3) is 0 Å². The van der Waals surface area contributed by atoms with Gasteiger partial charge in [0.05, 0.1) is 11.1 Å². The summed E-state index contributed by atoms with van der Waals surface area (Å²) >= 11 is 0. The first-order chi connectivity index (χ1) is 7.07. The van der Waals surface area contributed by atoms with E-state index in [2.05, 4.69) is 6.58 Å². The monoisotopic (exact) mass is 201 g/mol. The minimum atomic E-state index is -0.284. The van der Waals surface area contributed by atoms with Gasteiger partial charge in [-0.25, -0.2) is 4.90 Å². The molecule has 1 aromatic rings. The molecule has 1 aliphatic rings. The first-order valence-electron chi connectivity index (χ1n) is 4.68. The minimum Gasteiger partial charge on any atom is -0.268 e. The maximum absolute atomic E-state index is 11.8. The van der Waals surface area contributed by atoms with E-state index < -0.39 is 0 Å². The van der Waals surface area contributed by atoms with E-state index in [1.54, 1.807) is 6.07 Å². The van der Waals surface area contributed by atoms with Gasteiger partial charge in [-0.3, -0.25) is 9.59 Å². The molecule has 0 atom stereocenters. The standard InChI is InChI=1S/C12H11NO2/c1-4-13-11(14)9-6-5-7(2)8(3)10(9)12(13)15/h4-6H,1H2,2-3H3. The molecule has 0 saturated heterocycles. The van der Waals surface area contributed by atoms with Gasteiger partial charge in [-0.1, -0.05) is 12.6 Å².